The second-order valence-corrected chi connectivity index (χ2v) is 10.2. The zero-order valence-electron chi connectivity index (χ0n) is 16.3. The molecule has 0 aliphatic heterocycles. The molecule has 1 spiro atoms. The van der Waals surface area contributed by atoms with Crippen molar-refractivity contribution in [3.8, 4) is 0 Å². The first kappa shape index (κ1) is 16.4. The first-order valence-corrected chi connectivity index (χ1v) is 10.5. The molecule has 0 aromatic heterocycles. The number of ether oxygens (including phenoxy) is 1. The average molecular weight is 343 g/mol. The van der Waals surface area contributed by atoms with Gasteiger partial charge in [-0.25, -0.2) is 0 Å². The Morgan fingerprint density at radius 1 is 1.36 bits per heavy atom. The molecule has 0 bridgehead atoms. The van der Waals surface area contributed by atoms with Crippen LogP contribution in [0.2, 0.25) is 0 Å². The van der Waals surface area contributed by atoms with Gasteiger partial charge in [0, 0.05) is 6.42 Å². The Kier molecular flexibility index (Phi) is 3.38. The van der Waals surface area contributed by atoms with Crippen LogP contribution in [0.15, 0.2) is 23.0 Å². The summed E-state index contributed by atoms with van der Waals surface area (Å²) in [6, 6.07) is 0. The van der Waals surface area contributed by atoms with E-state index in [2.05, 4.69) is 19.9 Å². The molecule has 138 valence electrons. The Balaban J connectivity index is 1.52. The molecule has 0 unspecified atom stereocenters. The maximum atomic E-state index is 10.5. The van der Waals surface area contributed by atoms with E-state index >= 15 is 0 Å². The second kappa shape index (κ2) is 5.15. The van der Waals surface area contributed by atoms with Crippen LogP contribution in [0.1, 0.15) is 65.7 Å². The molecule has 0 radical (unpaired) electrons. The summed E-state index contributed by atoms with van der Waals surface area (Å²) in [5.41, 5.74) is 4.41. The lowest BCUT2D eigenvalue weighted by Gasteiger charge is -2.57. The minimum atomic E-state index is -0.137. The zero-order chi connectivity index (χ0) is 17.6. The van der Waals surface area contributed by atoms with Crippen molar-refractivity contribution < 1.29 is 9.84 Å². The third kappa shape index (κ3) is 1.90. The Hall–Kier alpha value is -0.760. The summed E-state index contributed by atoms with van der Waals surface area (Å²) in [5.74, 6) is 5.06. The van der Waals surface area contributed by atoms with E-state index in [1.807, 2.05) is 14.0 Å². The second-order valence-electron chi connectivity index (χ2n) is 10.2. The zero-order valence-corrected chi connectivity index (χ0v) is 16.3. The third-order valence-corrected chi connectivity index (χ3v) is 9.44. The highest BCUT2D eigenvalue weighted by Crippen LogP contribution is 2.83. The first-order chi connectivity index (χ1) is 11.9. The smallest absolute Gasteiger partial charge is 0.0959 e. The molecule has 25 heavy (non-hydrogen) atoms. The molecule has 5 rings (SSSR count). The van der Waals surface area contributed by atoms with Crippen molar-refractivity contribution in [2.45, 2.75) is 71.8 Å². The number of allylic oxidation sites excluding steroid dienone is 3. The quantitative estimate of drug-likeness (QED) is 0.709. The fourth-order valence-corrected chi connectivity index (χ4v) is 8.53. The van der Waals surface area contributed by atoms with E-state index in [1.54, 1.807) is 11.1 Å². The van der Waals surface area contributed by atoms with Crippen LogP contribution in [0.25, 0.3) is 0 Å². The van der Waals surface area contributed by atoms with Gasteiger partial charge in [0.2, 0.25) is 0 Å². The molecule has 0 saturated heterocycles. The van der Waals surface area contributed by atoms with Crippen molar-refractivity contribution in [3.05, 3.63) is 23.0 Å². The van der Waals surface area contributed by atoms with Gasteiger partial charge in [-0.05, 0) is 91.9 Å². The van der Waals surface area contributed by atoms with Crippen molar-refractivity contribution in [2.75, 3.05) is 7.11 Å². The summed E-state index contributed by atoms with van der Waals surface area (Å²) < 4.78 is 5.56. The minimum Gasteiger partial charge on any atom is -0.501 e. The van der Waals surface area contributed by atoms with E-state index < -0.39 is 0 Å². The number of hydrogen-bond donors (Lipinski definition) is 1. The van der Waals surface area contributed by atoms with Crippen LogP contribution < -0.4 is 0 Å². The highest BCUT2D eigenvalue weighted by molar-refractivity contribution is 5.37. The van der Waals surface area contributed by atoms with Crippen molar-refractivity contribution in [1.82, 2.24) is 0 Å². The molecule has 0 amide bonds. The Morgan fingerprint density at radius 2 is 2.16 bits per heavy atom. The molecular weight excluding hydrogens is 308 g/mol. The number of methoxy groups -OCH3 is 1. The number of aliphatic hydroxyl groups is 1. The summed E-state index contributed by atoms with van der Waals surface area (Å²) in [7, 11) is 1.82. The molecular formula is C23H34O2. The van der Waals surface area contributed by atoms with Gasteiger partial charge in [-0.3, -0.25) is 0 Å². The van der Waals surface area contributed by atoms with E-state index in [-0.39, 0.29) is 6.10 Å². The van der Waals surface area contributed by atoms with Crippen LogP contribution in [-0.2, 0) is 4.74 Å². The third-order valence-electron chi connectivity index (χ3n) is 9.44. The van der Waals surface area contributed by atoms with E-state index in [0.717, 1.165) is 36.5 Å². The van der Waals surface area contributed by atoms with Gasteiger partial charge in [-0.1, -0.05) is 25.0 Å². The standard InChI is InChI=1S/C23H34O2/c1-13-9-15-10-17(25-4)5-6-18(15)19-7-8-22(3)20(14(2)24)11-16-12-23(16,22)21(13)19/h5,13-14,16,19-21,24H,6-12H2,1-4H3/t13-,14-,16-,19-,20-,21-,22-,23-/m1/s1. The summed E-state index contributed by atoms with van der Waals surface area (Å²) in [6.07, 6.45) is 11.1. The summed E-state index contributed by atoms with van der Waals surface area (Å²) in [6.45, 7) is 7.12. The van der Waals surface area contributed by atoms with Crippen LogP contribution in [-0.4, -0.2) is 18.3 Å². The van der Waals surface area contributed by atoms with Crippen molar-refractivity contribution in [2.24, 2.45) is 40.4 Å². The maximum absolute atomic E-state index is 10.5. The van der Waals surface area contributed by atoms with Gasteiger partial charge < -0.3 is 9.84 Å². The van der Waals surface area contributed by atoms with Crippen LogP contribution in [0.3, 0.4) is 0 Å². The molecule has 3 fully saturated rings. The predicted octanol–water partition coefficient (Wildman–Crippen LogP) is 5.09. The monoisotopic (exact) mass is 342 g/mol. The molecule has 0 aromatic carbocycles. The van der Waals surface area contributed by atoms with Gasteiger partial charge in [0.15, 0.2) is 0 Å². The lowest BCUT2D eigenvalue weighted by molar-refractivity contribution is -0.0729. The van der Waals surface area contributed by atoms with Crippen molar-refractivity contribution in [3.63, 3.8) is 0 Å². The van der Waals surface area contributed by atoms with E-state index in [9.17, 15) is 5.11 Å². The molecule has 5 aliphatic carbocycles. The summed E-state index contributed by atoms with van der Waals surface area (Å²) in [5, 5.41) is 10.5. The van der Waals surface area contributed by atoms with Gasteiger partial charge in [0.05, 0.1) is 19.0 Å². The topological polar surface area (TPSA) is 29.5 Å². The Bertz CT molecular complexity index is 659. The largest absolute Gasteiger partial charge is 0.501 e. The molecule has 1 N–H and O–H groups in total. The van der Waals surface area contributed by atoms with Gasteiger partial charge in [-0.2, -0.15) is 0 Å². The highest BCUT2D eigenvalue weighted by Gasteiger charge is 2.77. The van der Waals surface area contributed by atoms with Gasteiger partial charge in [-0.15, -0.1) is 0 Å². The molecule has 2 heteroatoms. The Morgan fingerprint density at radius 3 is 2.88 bits per heavy atom. The molecule has 0 aromatic rings. The van der Waals surface area contributed by atoms with Crippen molar-refractivity contribution >= 4 is 0 Å². The minimum absolute atomic E-state index is 0.137. The normalized spacial score (nSPS) is 51.7. The van der Waals surface area contributed by atoms with Crippen molar-refractivity contribution in [1.29, 1.82) is 0 Å². The molecule has 3 saturated carbocycles. The molecule has 8 atom stereocenters. The number of hydrogen-bond acceptors (Lipinski definition) is 2. The van der Waals surface area contributed by atoms with Crippen LogP contribution >= 0.6 is 0 Å². The van der Waals surface area contributed by atoms with Gasteiger partial charge in [0.25, 0.3) is 0 Å². The maximum Gasteiger partial charge on any atom is 0.0959 e. The van der Waals surface area contributed by atoms with E-state index in [1.165, 1.54) is 37.9 Å². The summed E-state index contributed by atoms with van der Waals surface area (Å²) >= 11 is 0. The average Bonchev–Trinajstić information content (AvgIpc) is 3.23. The van der Waals surface area contributed by atoms with Crippen LogP contribution in [0, 0.1) is 40.4 Å². The number of aliphatic hydroxyl groups excluding tert-OH is 1. The fourth-order valence-electron chi connectivity index (χ4n) is 8.53. The van der Waals surface area contributed by atoms with Crippen LogP contribution in [0.4, 0.5) is 0 Å². The first-order valence-electron chi connectivity index (χ1n) is 10.5. The highest BCUT2D eigenvalue weighted by atomic mass is 16.5. The summed E-state index contributed by atoms with van der Waals surface area (Å²) in [4.78, 5) is 0. The number of fused-ring (bicyclic) bond motifs is 2. The molecule has 0 heterocycles. The molecule has 5 aliphatic rings. The van der Waals surface area contributed by atoms with E-state index in [4.69, 9.17) is 4.74 Å². The number of rotatable bonds is 2. The van der Waals surface area contributed by atoms with Gasteiger partial charge >= 0.3 is 0 Å². The predicted molar refractivity (Wildman–Crippen MR) is 99.8 cm³/mol. The lowest BCUT2D eigenvalue weighted by Crippen LogP contribution is -2.51. The van der Waals surface area contributed by atoms with E-state index in [0.29, 0.717) is 16.7 Å². The molecule has 2 nitrogen and oxygen atoms in total. The Labute approximate surface area is 152 Å². The SMILES string of the molecule is COC1=CCC2=C(C1)C[C@@H](C)[C@@H]1[C@@H]2CC[C@]2(C)[C@@H]([C@@H](C)O)C[C@@H]3C[C@@]312. The van der Waals surface area contributed by atoms with Crippen LogP contribution in [0.5, 0.6) is 0 Å². The lowest BCUT2D eigenvalue weighted by atomic mass is 9.48. The van der Waals surface area contributed by atoms with Gasteiger partial charge in [0.1, 0.15) is 0 Å². The fraction of sp³-hybridized carbons (Fsp3) is 0.826.